The molecule has 2 heterocycles. The minimum atomic E-state index is 0.000190. The molecular weight excluding hydrogens is 316 g/mol. The lowest BCUT2D eigenvalue weighted by Crippen LogP contribution is -2.53. The fourth-order valence-corrected chi connectivity index (χ4v) is 3.95. The SMILES string of the molecule is COc1ccc(C(=O)N2CCN([C@@H](C#N)C3CCCCC3)CC2)cn1. The first kappa shape index (κ1) is 17.7. The fraction of sp³-hybridized carbons (Fsp3) is 0.632. The highest BCUT2D eigenvalue weighted by Crippen LogP contribution is 2.29. The van der Waals surface area contributed by atoms with E-state index >= 15 is 0 Å². The highest BCUT2D eigenvalue weighted by molar-refractivity contribution is 5.94. The lowest BCUT2D eigenvalue weighted by atomic mass is 9.83. The number of piperazine rings is 1. The van der Waals surface area contributed by atoms with Gasteiger partial charge in [0, 0.05) is 38.4 Å². The van der Waals surface area contributed by atoms with Gasteiger partial charge in [-0.1, -0.05) is 19.3 Å². The van der Waals surface area contributed by atoms with Crippen molar-refractivity contribution < 1.29 is 9.53 Å². The molecule has 1 atom stereocenters. The Hall–Kier alpha value is -2.13. The van der Waals surface area contributed by atoms with Crippen LogP contribution in [0.25, 0.3) is 0 Å². The second kappa shape index (κ2) is 8.30. The highest BCUT2D eigenvalue weighted by atomic mass is 16.5. The average molecular weight is 342 g/mol. The summed E-state index contributed by atoms with van der Waals surface area (Å²) in [6.45, 7) is 2.86. The van der Waals surface area contributed by atoms with Crippen molar-refractivity contribution in [1.82, 2.24) is 14.8 Å². The molecule has 0 aromatic carbocycles. The molecule has 1 saturated heterocycles. The molecule has 1 aromatic rings. The number of hydrogen-bond donors (Lipinski definition) is 0. The monoisotopic (exact) mass is 342 g/mol. The number of nitrogens with zero attached hydrogens (tertiary/aromatic N) is 4. The van der Waals surface area contributed by atoms with E-state index in [-0.39, 0.29) is 11.9 Å². The van der Waals surface area contributed by atoms with Crippen molar-refractivity contribution in [2.45, 2.75) is 38.1 Å². The molecule has 134 valence electrons. The van der Waals surface area contributed by atoms with Crippen LogP contribution in [0.2, 0.25) is 0 Å². The Morgan fingerprint density at radius 1 is 1.24 bits per heavy atom. The third-order valence-corrected chi connectivity index (χ3v) is 5.42. The van der Waals surface area contributed by atoms with Crippen molar-refractivity contribution in [3.63, 3.8) is 0 Å². The molecule has 0 radical (unpaired) electrons. The zero-order valence-corrected chi connectivity index (χ0v) is 14.9. The smallest absolute Gasteiger partial charge is 0.255 e. The summed E-state index contributed by atoms with van der Waals surface area (Å²) in [6, 6.07) is 5.99. The molecule has 25 heavy (non-hydrogen) atoms. The maximum atomic E-state index is 12.6. The van der Waals surface area contributed by atoms with Gasteiger partial charge in [-0.2, -0.15) is 5.26 Å². The van der Waals surface area contributed by atoms with Crippen LogP contribution in [0, 0.1) is 17.2 Å². The number of pyridine rings is 1. The third kappa shape index (κ3) is 4.10. The van der Waals surface area contributed by atoms with Crippen LogP contribution in [-0.4, -0.2) is 60.0 Å². The van der Waals surface area contributed by atoms with Gasteiger partial charge >= 0.3 is 0 Å². The number of hydrogen-bond acceptors (Lipinski definition) is 5. The number of carbonyl (C=O) groups excluding carboxylic acids is 1. The Kier molecular flexibility index (Phi) is 5.87. The zero-order valence-electron chi connectivity index (χ0n) is 14.9. The highest BCUT2D eigenvalue weighted by Gasteiger charge is 2.32. The number of methoxy groups -OCH3 is 1. The number of aromatic nitrogens is 1. The van der Waals surface area contributed by atoms with Gasteiger partial charge in [-0.05, 0) is 24.8 Å². The van der Waals surface area contributed by atoms with Crippen molar-refractivity contribution >= 4 is 5.91 Å². The van der Waals surface area contributed by atoms with Crippen molar-refractivity contribution in [1.29, 1.82) is 5.26 Å². The van der Waals surface area contributed by atoms with Crippen LogP contribution in [0.15, 0.2) is 18.3 Å². The first-order chi connectivity index (χ1) is 12.2. The van der Waals surface area contributed by atoms with E-state index in [4.69, 9.17) is 4.74 Å². The van der Waals surface area contributed by atoms with Crippen molar-refractivity contribution in [2.24, 2.45) is 5.92 Å². The van der Waals surface area contributed by atoms with Gasteiger partial charge in [0.2, 0.25) is 5.88 Å². The first-order valence-corrected chi connectivity index (χ1v) is 9.16. The summed E-state index contributed by atoms with van der Waals surface area (Å²) in [5.74, 6) is 0.999. The number of amides is 1. The van der Waals surface area contributed by atoms with Crippen LogP contribution >= 0.6 is 0 Å². The molecule has 1 aliphatic carbocycles. The van der Waals surface area contributed by atoms with Crippen molar-refractivity contribution in [3.8, 4) is 11.9 Å². The van der Waals surface area contributed by atoms with Gasteiger partial charge in [-0.3, -0.25) is 9.69 Å². The van der Waals surface area contributed by atoms with Crippen LogP contribution in [-0.2, 0) is 0 Å². The maximum Gasteiger partial charge on any atom is 0.255 e. The Bertz CT molecular complexity index is 611. The summed E-state index contributed by atoms with van der Waals surface area (Å²) >= 11 is 0. The van der Waals surface area contributed by atoms with Crippen LogP contribution in [0.1, 0.15) is 42.5 Å². The molecule has 6 heteroatoms. The molecule has 1 saturated carbocycles. The molecule has 0 N–H and O–H groups in total. The number of nitriles is 1. The van der Waals surface area contributed by atoms with Gasteiger partial charge in [-0.25, -0.2) is 4.98 Å². The Balaban J connectivity index is 1.56. The second-order valence-electron chi connectivity index (χ2n) is 6.89. The van der Waals surface area contributed by atoms with Gasteiger partial charge in [-0.15, -0.1) is 0 Å². The van der Waals surface area contributed by atoms with Gasteiger partial charge in [0.15, 0.2) is 0 Å². The molecule has 6 nitrogen and oxygen atoms in total. The minimum Gasteiger partial charge on any atom is -0.481 e. The number of carbonyl (C=O) groups is 1. The van der Waals surface area contributed by atoms with Crippen LogP contribution in [0.5, 0.6) is 5.88 Å². The molecule has 3 rings (SSSR count). The Morgan fingerprint density at radius 2 is 1.96 bits per heavy atom. The molecule has 0 unspecified atom stereocenters. The fourth-order valence-electron chi connectivity index (χ4n) is 3.95. The zero-order chi connectivity index (χ0) is 17.6. The molecular formula is C19H26N4O2. The quantitative estimate of drug-likeness (QED) is 0.840. The Morgan fingerprint density at radius 3 is 2.52 bits per heavy atom. The normalized spacial score (nSPS) is 20.7. The molecule has 1 aliphatic heterocycles. The lowest BCUT2D eigenvalue weighted by molar-refractivity contribution is 0.0538. The average Bonchev–Trinajstić information content (AvgIpc) is 2.69. The van der Waals surface area contributed by atoms with E-state index in [2.05, 4.69) is 16.0 Å². The summed E-state index contributed by atoms with van der Waals surface area (Å²) in [6.07, 6.45) is 7.67. The van der Waals surface area contributed by atoms with Crippen LogP contribution in [0.3, 0.4) is 0 Å². The molecule has 1 aromatic heterocycles. The van der Waals surface area contributed by atoms with E-state index < -0.39 is 0 Å². The maximum absolute atomic E-state index is 12.6. The van der Waals surface area contributed by atoms with Crippen molar-refractivity contribution in [2.75, 3.05) is 33.3 Å². The van der Waals surface area contributed by atoms with E-state index in [1.165, 1.54) is 19.3 Å². The number of ether oxygens (including phenoxy) is 1. The topological polar surface area (TPSA) is 69.5 Å². The van der Waals surface area contributed by atoms with Gasteiger partial charge in [0.05, 0.1) is 18.7 Å². The minimum absolute atomic E-state index is 0.000190. The second-order valence-corrected chi connectivity index (χ2v) is 6.89. The van der Waals surface area contributed by atoms with Gasteiger partial charge in [0.25, 0.3) is 5.91 Å². The van der Waals surface area contributed by atoms with Gasteiger partial charge in [0.1, 0.15) is 6.04 Å². The summed E-state index contributed by atoms with van der Waals surface area (Å²) in [7, 11) is 1.56. The van der Waals surface area contributed by atoms with Crippen LogP contribution in [0.4, 0.5) is 0 Å². The van der Waals surface area contributed by atoms with E-state index in [1.54, 1.807) is 25.4 Å². The summed E-state index contributed by atoms with van der Waals surface area (Å²) < 4.78 is 5.03. The first-order valence-electron chi connectivity index (χ1n) is 9.16. The van der Waals surface area contributed by atoms with Gasteiger partial charge < -0.3 is 9.64 Å². The third-order valence-electron chi connectivity index (χ3n) is 5.42. The summed E-state index contributed by atoms with van der Waals surface area (Å²) in [4.78, 5) is 20.8. The summed E-state index contributed by atoms with van der Waals surface area (Å²) in [5, 5.41) is 9.64. The standard InChI is InChI=1S/C19H26N4O2/c1-25-18-8-7-16(14-21-18)19(24)23-11-9-22(10-12-23)17(13-20)15-5-3-2-4-6-15/h7-8,14-15,17H,2-6,9-12H2,1H3/t17-/m0/s1. The largest absolute Gasteiger partial charge is 0.481 e. The van der Waals surface area contributed by atoms with E-state index in [0.717, 1.165) is 25.9 Å². The van der Waals surface area contributed by atoms with E-state index in [9.17, 15) is 10.1 Å². The van der Waals surface area contributed by atoms with Crippen molar-refractivity contribution in [3.05, 3.63) is 23.9 Å². The Labute approximate surface area is 149 Å². The molecule has 0 bridgehead atoms. The molecule has 0 spiro atoms. The van der Waals surface area contributed by atoms with E-state index in [1.807, 2.05) is 4.90 Å². The predicted octanol–water partition coefficient (Wildman–Crippen LogP) is 2.32. The molecule has 1 amide bonds. The van der Waals surface area contributed by atoms with E-state index in [0.29, 0.717) is 30.5 Å². The van der Waals surface area contributed by atoms with Crippen LogP contribution < -0.4 is 4.74 Å². The molecule has 2 fully saturated rings. The summed E-state index contributed by atoms with van der Waals surface area (Å²) in [5.41, 5.74) is 0.582. The predicted molar refractivity (Wildman–Crippen MR) is 94.2 cm³/mol. The lowest BCUT2D eigenvalue weighted by Gasteiger charge is -2.40. The number of rotatable bonds is 4. The molecule has 2 aliphatic rings.